The van der Waals surface area contributed by atoms with Crippen molar-refractivity contribution in [2.75, 3.05) is 0 Å². The van der Waals surface area contributed by atoms with Crippen LogP contribution in [0.15, 0.2) is 15.8 Å². The average molecular weight is 241 g/mol. The molecule has 0 aliphatic rings. The molecule has 1 aromatic rings. The summed E-state index contributed by atoms with van der Waals surface area (Å²) >= 11 is 5.23. The van der Waals surface area contributed by atoms with Crippen LogP contribution in [0.5, 0.6) is 0 Å². The normalized spacial score (nSPS) is 10.6. The van der Waals surface area contributed by atoms with E-state index in [-0.39, 0.29) is 20.4 Å². The zero-order chi connectivity index (χ0) is 5.82. The zero-order valence-electron chi connectivity index (χ0n) is 4.04. The molecule has 0 fully saturated rings. The van der Waals surface area contributed by atoms with E-state index in [2.05, 4.69) is 9.07 Å². The van der Waals surface area contributed by atoms with Crippen LogP contribution in [-0.4, -0.2) is 25.4 Å². The molecule has 3 heteroatoms. The molecule has 1 rings (SSSR count). The summed E-state index contributed by atoms with van der Waals surface area (Å²) in [7, 11) is 0. The van der Waals surface area contributed by atoms with Crippen molar-refractivity contribution in [3.8, 4) is 0 Å². The number of halogens is 1. The predicted octanol–water partition coefficient (Wildman–Crippen LogP) is 1.35. The maximum absolute atomic E-state index is 5.31. The molecule has 1 nitrogen and oxygen atoms in total. The molecule has 0 unspecified atom stereocenters. The molecule has 0 aromatic carbocycles. The molecule has 1 aromatic heterocycles. The van der Waals surface area contributed by atoms with Crippen LogP contribution >= 0.6 is 11.6 Å². The van der Waals surface area contributed by atoms with Crippen molar-refractivity contribution in [2.45, 2.75) is 0 Å². The summed E-state index contributed by atoms with van der Waals surface area (Å²) in [4.78, 5) is 4.05. The van der Waals surface area contributed by atoms with Crippen LogP contribution in [0.1, 0.15) is 3.71 Å². The molecule has 1 heterocycles. The van der Waals surface area contributed by atoms with E-state index >= 15 is 0 Å². The van der Waals surface area contributed by atoms with Gasteiger partial charge in [-0.3, -0.25) is 0 Å². The summed E-state index contributed by atoms with van der Waals surface area (Å²) in [5.74, 6) is 0. The van der Waals surface area contributed by atoms with E-state index in [9.17, 15) is 0 Å². The van der Waals surface area contributed by atoms with Crippen LogP contribution in [0.4, 0.5) is 0 Å². The van der Waals surface area contributed by atoms with E-state index < -0.39 is 0 Å². The molecule has 0 bridgehead atoms. The second-order valence-corrected chi connectivity index (χ2v) is 4.06. The average Bonchev–Trinajstić information content (AvgIpc) is 2.19. The summed E-state index contributed by atoms with van der Waals surface area (Å²) in [6.45, 7) is 0. The van der Waals surface area contributed by atoms with Crippen molar-refractivity contribution in [1.29, 1.82) is 0 Å². The molecule has 0 N–H and O–H groups in total. The summed E-state index contributed by atoms with van der Waals surface area (Å²) in [6, 6.07) is 0. The molecule has 8 heavy (non-hydrogen) atoms. The molecule has 0 saturated carbocycles. The van der Waals surface area contributed by atoms with Gasteiger partial charge < -0.3 is 0 Å². The van der Waals surface area contributed by atoms with Gasteiger partial charge in [0.15, 0.2) is 0 Å². The van der Waals surface area contributed by atoms with Gasteiger partial charge in [-0.25, -0.2) is 0 Å². The SMILES string of the molecule is ClC=Cc1ncc[te]1. The Morgan fingerprint density at radius 3 is 3.12 bits per heavy atom. The summed E-state index contributed by atoms with van der Waals surface area (Å²) in [6.07, 6.45) is 3.69. The van der Waals surface area contributed by atoms with Gasteiger partial charge in [0.05, 0.1) is 0 Å². The van der Waals surface area contributed by atoms with Crippen molar-refractivity contribution >= 4 is 38.1 Å². The van der Waals surface area contributed by atoms with Crippen molar-refractivity contribution in [1.82, 2.24) is 4.98 Å². The van der Waals surface area contributed by atoms with Crippen molar-refractivity contribution in [2.24, 2.45) is 0 Å². The second kappa shape index (κ2) is 3.29. The molecule has 0 aliphatic carbocycles. The van der Waals surface area contributed by atoms with Crippen molar-refractivity contribution in [3.63, 3.8) is 0 Å². The van der Waals surface area contributed by atoms with Crippen LogP contribution in [0.2, 0.25) is 0 Å². The number of hydrogen-bond donors (Lipinski definition) is 0. The molecular formula is C5H4ClNTe. The number of hydrogen-bond acceptors (Lipinski definition) is 1. The Bertz CT molecular complexity index is 169. The molecular weight excluding hydrogens is 237 g/mol. The van der Waals surface area contributed by atoms with Gasteiger partial charge in [0.1, 0.15) is 0 Å². The summed E-state index contributed by atoms with van der Waals surface area (Å²) < 4.78 is 3.28. The maximum atomic E-state index is 5.31. The van der Waals surface area contributed by atoms with E-state index in [0.717, 1.165) is 3.71 Å². The molecule has 0 radical (unpaired) electrons. The Hall–Kier alpha value is 0.230. The molecule has 0 saturated heterocycles. The molecule has 0 aliphatic heterocycles. The van der Waals surface area contributed by atoms with Crippen LogP contribution in [0, 0.1) is 0 Å². The predicted molar refractivity (Wildman–Crippen MR) is 36.1 cm³/mol. The van der Waals surface area contributed by atoms with Crippen LogP contribution in [-0.2, 0) is 0 Å². The van der Waals surface area contributed by atoms with E-state index in [0.29, 0.717) is 0 Å². The fraction of sp³-hybridized carbons (Fsp3) is 0. The van der Waals surface area contributed by atoms with Gasteiger partial charge in [-0.05, 0) is 0 Å². The minimum atomic E-state index is -0.0868. The monoisotopic (exact) mass is 243 g/mol. The van der Waals surface area contributed by atoms with E-state index in [4.69, 9.17) is 11.6 Å². The quantitative estimate of drug-likeness (QED) is 0.676. The third-order valence-corrected chi connectivity index (χ3v) is 2.90. The fourth-order valence-corrected chi connectivity index (χ4v) is 2.24. The van der Waals surface area contributed by atoms with Gasteiger partial charge in [0, 0.05) is 0 Å². The number of aromatic nitrogens is 1. The van der Waals surface area contributed by atoms with Gasteiger partial charge in [0.2, 0.25) is 0 Å². The van der Waals surface area contributed by atoms with Crippen LogP contribution in [0.3, 0.4) is 0 Å². The first kappa shape index (κ1) is 6.35. The molecule has 0 spiro atoms. The van der Waals surface area contributed by atoms with Gasteiger partial charge >= 0.3 is 62.6 Å². The van der Waals surface area contributed by atoms with E-state index in [1.165, 1.54) is 5.54 Å². The Labute approximate surface area is 62.6 Å². The Morgan fingerprint density at radius 1 is 1.75 bits per heavy atom. The zero-order valence-corrected chi connectivity index (χ0v) is 7.13. The van der Waals surface area contributed by atoms with Gasteiger partial charge in [-0.15, -0.1) is 0 Å². The van der Waals surface area contributed by atoms with Crippen molar-refractivity contribution < 1.29 is 0 Å². The standard InChI is InChI=1S/C5H4ClNTe/c6-2-1-5-7-3-4-8-5/h1-4H. The van der Waals surface area contributed by atoms with E-state index in [1.807, 2.05) is 12.3 Å². The first-order valence-electron chi connectivity index (χ1n) is 2.10. The third kappa shape index (κ3) is 1.63. The fourth-order valence-electron chi connectivity index (χ4n) is 0.371. The molecule has 0 atom stereocenters. The van der Waals surface area contributed by atoms with Gasteiger partial charge in [0.25, 0.3) is 0 Å². The topological polar surface area (TPSA) is 12.9 Å². The summed E-state index contributed by atoms with van der Waals surface area (Å²) in [5.41, 5.74) is 1.51. The van der Waals surface area contributed by atoms with Crippen molar-refractivity contribution in [3.05, 3.63) is 19.5 Å². The van der Waals surface area contributed by atoms with Crippen LogP contribution < -0.4 is 0 Å². The van der Waals surface area contributed by atoms with E-state index in [1.54, 1.807) is 0 Å². The second-order valence-electron chi connectivity index (χ2n) is 1.16. The Kier molecular flexibility index (Phi) is 2.61. The number of rotatable bonds is 1. The van der Waals surface area contributed by atoms with Gasteiger partial charge in [-0.1, -0.05) is 0 Å². The summed E-state index contributed by atoms with van der Waals surface area (Å²) in [5, 5.41) is 0. The first-order valence-corrected chi connectivity index (χ1v) is 5.04. The van der Waals surface area contributed by atoms with Crippen LogP contribution in [0.25, 0.3) is 6.08 Å². The molecule has 0 amide bonds. The first-order chi connectivity index (χ1) is 3.93. The third-order valence-electron chi connectivity index (χ3n) is 0.657. The number of nitrogens with zero attached hydrogens (tertiary/aromatic N) is 1. The Morgan fingerprint density at radius 2 is 2.62 bits per heavy atom. The Balaban J connectivity index is 2.77. The van der Waals surface area contributed by atoms with Gasteiger partial charge in [-0.2, -0.15) is 0 Å². The minimum absolute atomic E-state index is 0.0868. The molecule has 42 valence electrons.